The maximum absolute atomic E-state index is 11.1. The van der Waals surface area contributed by atoms with Crippen molar-refractivity contribution in [3.05, 3.63) is 12.7 Å². The van der Waals surface area contributed by atoms with Crippen LogP contribution in [-0.2, 0) is 28.7 Å². The van der Waals surface area contributed by atoms with Crippen LogP contribution in [0.2, 0.25) is 0 Å². The van der Waals surface area contributed by atoms with Crippen molar-refractivity contribution in [3.8, 4) is 5.88 Å². The molecule has 0 bridgehead atoms. The SMILES string of the molecule is CC1(C)O[C@@H]2[C@H](O1)[C@@H](COS(N)(=O)=O)O[C@H]2n1cnc2c(O)ncnc21. The topological polar surface area (TPSA) is 161 Å². The van der Waals surface area contributed by atoms with Gasteiger partial charge in [-0.05, 0) is 13.8 Å². The van der Waals surface area contributed by atoms with Crippen LogP contribution in [0.4, 0.5) is 0 Å². The van der Waals surface area contributed by atoms with E-state index in [1.807, 2.05) is 0 Å². The number of ether oxygens (including phenoxy) is 3. The van der Waals surface area contributed by atoms with E-state index in [4.69, 9.17) is 19.3 Å². The Kier molecular flexibility index (Phi) is 3.91. The third kappa shape index (κ3) is 3.02. The Morgan fingerprint density at radius 3 is 2.77 bits per heavy atom. The first-order chi connectivity index (χ1) is 12.1. The summed E-state index contributed by atoms with van der Waals surface area (Å²) in [4.78, 5) is 11.9. The molecule has 2 aliphatic heterocycles. The van der Waals surface area contributed by atoms with Crippen LogP contribution in [-0.4, -0.2) is 63.7 Å². The molecule has 0 aromatic carbocycles. The van der Waals surface area contributed by atoms with Gasteiger partial charge in [-0.15, -0.1) is 0 Å². The molecule has 13 heteroatoms. The summed E-state index contributed by atoms with van der Waals surface area (Å²) in [5.41, 5.74) is 0.539. The molecule has 2 aromatic heterocycles. The lowest BCUT2D eigenvalue weighted by atomic mass is 10.1. The van der Waals surface area contributed by atoms with Crippen molar-refractivity contribution in [2.24, 2.45) is 5.14 Å². The molecule has 26 heavy (non-hydrogen) atoms. The van der Waals surface area contributed by atoms with Crippen LogP contribution in [0, 0.1) is 0 Å². The maximum Gasteiger partial charge on any atom is 0.333 e. The number of nitrogens with zero attached hydrogens (tertiary/aromatic N) is 4. The number of aromatic hydroxyl groups is 1. The zero-order valence-corrected chi connectivity index (χ0v) is 14.7. The minimum absolute atomic E-state index is 0.204. The third-order valence-electron chi connectivity index (χ3n) is 4.14. The molecule has 2 aliphatic rings. The molecule has 12 nitrogen and oxygen atoms in total. The predicted molar refractivity (Wildman–Crippen MR) is 83.8 cm³/mol. The van der Waals surface area contributed by atoms with Crippen LogP contribution < -0.4 is 5.14 Å². The van der Waals surface area contributed by atoms with E-state index < -0.39 is 40.6 Å². The number of nitrogens with two attached hydrogens (primary N) is 1. The number of hydrogen-bond donors (Lipinski definition) is 2. The van der Waals surface area contributed by atoms with Crippen LogP contribution in [0.15, 0.2) is 12.7 Å². The molecule has 0 radical (unpaired) electrons. The highest BCUT2D eigenvalue weighted by molar-refractivity contribution is 7.84. The summed E-state index contributed by atoms with van der Waals surface area (Å²) in [5, 5.41) is 14.7. The molecule has 3 N–H and O–H groups in total. The standard InChI is InChI=1S/C13H17N5O7S/c1-13(2)24-8-6(3-22-26(14,20)21)23-12(9(8)25-13)18-5-17-7-10(18)15-4-16-11(7)19/h4-6,8-9,12H,3H2,1-2H3,(H2,14,20,21)(H,15,16,19)/t6-,8-,9-,12-/m1/s1. The molecule has 2 aromatic rings. The average Bonchev–Trinajstić information content (AvgIpc) is 3.16. The normalized spacial score (nSPS) is 30.7. The van der Waals surface area contributed by atoms with Crippen molar-refractivity contribution in [1.29, 1.82) is 0 Å². The summed E-state index contributed by atoms with van der Waals surface area (Å²) in [7, 11) is -4.13. The molecular weight excluding hydrogens is 370 g/mol. The predicted octanol–water partition coefficient (Wildman–Crippen LogP) is -0.830. The quantitative estimate of drug-likeness (QED) is 0.677. The van der Waals surface area contributed by atoms with Crippen LogP contribution >= 0.6 is 0 Å². The van der Waals surface area contributed by atoms with Gasteiger partial charge in [0.1, 0.15) is 24.6 Å². The van der Waals surface area contributed by atoms with E-state index in [0.717, 1.165) is 0 Å². The van der Waals surface area contributed by atoms with Crippen molar-refractivity contribution >= 4 is 21.5 Å². The van der Waals surface area contributed by atoms with Gasteiger partial charge in [-0.25, -0.2) is 15.1 Å². The average molecular weight is 387 g/mol. The Morgan fingerprint density at radius 1 is 1.31 bits per heavy atom. The fourth-order valence-corrected chi connectivity index (χ4v) is 3.53. The zero-order valence-electron chi connectivity index (χ0n) is 13.8. The summed E-state index contributed by atoms with van der Waals surface area (Å²) in [6.45, 7) is 3.14. The van der Waals surface area contributed by atoms with E-state index in [1.165, 1.54) is 12.7 Å². The summed E-state index contributed by atoms with van der Waals surface area (Å²) in [6.07, 6.45) is -0.0237. The molecule has 0 saturated carbocycles. The fraction of sp³-hybridized carbons (Fsp3) is 0.615. The first-order valence-electron chi connectivity index (χ1n) is 7.69. The van der Waals surface area contributed by atoms with Crippen molar-refractivity contribution in [2.75, 3.05) is 6.61 Å². The highest BCUT2D eigenvalue weighted by Crippen LogP contribution is 2.44. The second-order valence-electron chi connectivity index (χ2n) is 6.43. The molecule has 0 aliphatic carbocycles. The molecule has 142 valence electrons. The second-order valence-corrected chi connectivity index (χ2v) is 7.65. The highest BCUT2D eigenvalue weighted by Gasteiger charge is 2.56. The van der Waals surface area contributed by atoms with Gasteiger partial charge in [-0.1, -0.05) is 0 Å². The van der Waals surface area contributed by atoms with E-state index >= 15 is 0 Å². The van der Waals surface area contributed by atoms with Crippen molar-refractivity contribution < 1.29 is 31.9 Å². The first-order valence-corrected chi connectivity index (χ1v) is 9.16. The summed E-state index contributed by atoms with van der Waals surface area (Å²) >= 11 is 0. The Morgan fingerprint density at radius 2 is 2.04 bits per heavy atom. The van der Waals surface area contributed by atoms with Crippen LogP contribution in [0.3, 0.4) is 0 Å². The number of hydrogen-bond acceptors (Lipinski definition) is 10. The van der Waals surface area contributed by atoms with E-state index in [1.54, 1.807) is 18.4 Å². The summed E-state index contributed by atoms with van der Waals surface area (Å²) in [5.74, 6) is -1.16. The molecule has 4 rings (SSSR count). The molecule has 0 amide bonds. The van der Waals surface area contributed by atoms with Crippen LogP contribution in [0.25, 0.3) is 11.2 Å². The Hall–Kier alpha value is -1.90. The molecule has 4 atom stereocenters. The van der Waals surface area contributed by atoms with E-state index in [2.05, 4.69) is 19.1 Å². The lowest BCUT2D eigenvalue weighted by Crippen LogP contribution is -2.34. The van der Waals surface area contributed by atoms with Crippen molar-refractivity contribution in [2.45, 2.75) is 44.2 Å². The molecule has 0 unspecified atom stereocenters. The molecule has 2 fully saturated rings. The summed E-state index contributed by atoms with van der Waals surface area (Å²) in [6, 6.07) is 0. The minimum Gasteiger partial charge on any atom is -0.492 e. The Labute approximate surface area is 148 Å². The monoisotopic (exact) mass is 387 g/mol. The number of fused-ring (bicyclic) bond motifs is 2. The van der Waals surface area contributed by atoms with Gasteiger partial charge in [0.15, 0.2) is 23.2 Å². The van der Waals surface area contributed by atoms with Crippen molar-refractivity contribution in [3.63, 3.8) is 0 Å². The first kappa shape index (κ1) is 17.5. The molecule has 0 spiro atoms. The van der Waals surface area contributed by atoms with Gasteiger partial charge in [0.05, 0.1) is 12.9 Å². The molecule has 2 saturated heterocycles. The van der Waals surface area contributed by atoms with Gasteiger partial charge < -0.3 is 19.3 Å². The number of aromatic nitrogens is 4. The largest absolute Gasteiger partial charge is 0.492 e. The van der Waals surface area contributed by atoms with Gasteiger partial charge in [-0.3, -0.25) is 8.75 Å². The third-order valence-corrected chi connectivity index (χ3v) is 4.60. The fourth-order valence-electron chi connectivity index (χ4n) is 3.20. The Balaban J connectivity index is 1.68. The van der Waals surface area contributed by atoms with Crippen molar-refractivity contribution in [1.82, 2.24) is 19.5 Å². The zero-order chi connectivity index (χ0) is 18.7. The van der Waals surface area contributed by atoms with Gasteiger partial charge >= 0.3 is 10.3 Å². The highest BCUT2D eigenvalue weighted by atomic mass is 32.2. The van der Waals surface area contributed by atoms with Gasteiger partial charge in [0.2, 0.25) is 5.88 Å². The number of imidazole rings is 1. The summed E-state index contributed by atoms with van der Waals surface area (Å²) < 4.78 is 46.1. The number of rotatable bonds is 4. The lowest BCUT2D eigenvalue weighted by Gasteiger charge is -2.24. The van der Waals surface area contributed by atoms with E-state index in [9.17, 15) is 13.5 Å². The molecular formula is C13H17N5O7S. The van der Waals surface area contributed by atoms with Gasteiger partial charge in [0.25, 0.3) is 0 Å². The van der Waals surface area contributed by atoms with Crippen LogP contribution in [0.5, 0.6) is 5.88 Å². The van der Waals surface area contributed by atoms with E-state index in [0.29, 0.717) is 5.65 Å². The lowest BCUT2D eigenvalue weighted by molar-refractivity contribution is -0.198. The van der Waals surface area contributed by atoms with Crippen LogP contribution in [0.1, 0.15) is 20.1 Å². The second kappa shape index (κ2) is 5.80. The maximum atomic E-state index is 11.1. The van der Waals surface area contributed by atoms with Gasteiger partial charge in [-0.2, -0.15) is 13.4 Å². The Bertz CT molecular complexity index is 946. The minimum atomic E-state index is -4.13. The van der Waals surface area contributed by atoms with Gasteiger partial charge in [0, 0.05) is 0 Å². The smallest absolute Gasteiger partial charge is 0.333 e. The van der Waals surface area contributed by atoms with E-state index in [-0.39, 0.29) is 18.0 Å². The molecule has 4 heterocycles.